The van der Waals surface area contributed by atoms with Crippen LogP contribution >= 0.6 is 0 Å². The Labute approximate surface area is 190 Å². The molecule has 7 heteroatoms. The zero-order valence-electron chi connectivity index (χ0n) is 18.8. The van der Waals surface area contributed by atoms with E-state index in [4.69, 9.17) is 9.47 Å². The summed E-state index contributed by atoms with van der Waals surface area (Å²) in [5.41, 5.74) is 3.43. The van der Waals surface area contributed by atoms with Gasteiger partial charge in [-0.05, 0) is 37.2 Å². The van der Waals surface area contributed by atoms with Gasteiger partial charge in [0.1, 0.15) is 0 Å². The van der Waals surface area contributed by atoms with Crippen LogP contribution in [-0.2, 0) is 16.1 Å². The second kappa shape index (κ2) is 11.8. The molecule has 0 aliphatic carbocycles. The summed E-state index contributed by atoms with van der Waals surface area (Å²) in [5.74, 6) is 0. The first-order valence-electron chi connectivity index (χ1n) is 11.0. The predicted octanol–water partition coefficient (Wildman–Crippen LogP) is 3.98. The molecule has 2 aromatic carbocycles. The fourth-order valence-electron chi connectivity index (χ4n) is 3.77. The third kappa shape index (κ3) is 6.64. The van der Waals surface area contributed by atoms with E-state index in [0.29, 0.717) is 18.7 Å². The number of hydrogen-bond donors (Lipinski definition) is 3. The summed E-state index contributed by atoms with van der Waals surface area (Å²) in [6, 6.07) is 15.1. The van der Waals surface area contributed by atoms with E-state index in [-0.39, 0.29) is 24.8 Å². The molecule has 7 nitrogen and oxygen atoms in total. The molecule has 1 aliphatic rings. The van der Waals surface area contributed by atoms with E-state index < -0.39 is 6.29 Å². The largest absolute Gasteiger partial charge is 0.392 e. The van der Waals surface area contributed by atoms with Gasteiger partial charge in [-0.15, -0.1) is 6.58 Å². The molecule has 0 spiro atoms. The smallest absolute Gasteiger partial charge is 0.319 e. The average molecular weight is 440 g/mol. The summed E-state index contributed by atoms with van der Waals surface area (Å²) in [5, 5.41) is 14.9. The molecule has 0 radical (unpaired) electrons. The fraction of sp³-hybridized carbons (Fsp3) is 0.400. The van der Waals surface area contributed by atoms with Crippen molar-refractivity contribution >= 4 is 11.7 Å². The van der Waals surface area contributed by atoms with Gasteiger partial charge in [-0.1, -0.05) is 42.5 Å². The van der Waals surface area contributed by atoms with E-state index in [1.807, 2.05) is 68.6 Å². The number of hydrogen-bond acceptors (Lipinski definition) is 5. The summed E-state index contributed by atoms with van der Waals surface area (Å²) in [6.45, 7) is 7.77. The van der Waals surface area contributed by atoms with Gasteiger partial charge in [0.15, 0.2) is 6.29 Å². The number of likely N-dealkylation sites (N-methyl/N-ethyl adjacent to an activating group) is 1. The molecule has 0 unspecified atom stereocenters. The van der Waals surface area contributed by atoms with Crippen molar-refractivity contribution in [2.24, 2.45) is 0 Å². The number of anilines is 1. The van der Waals surface area contributed by atoms with Crippen LogP contribution < -0.4 is 10.6 Å². The maximum absolute atomic E-state index is 11.9. The lowest BCUT2D eigenvalue weighted by atomic mass is 9.99. The summed E-state index contributed by atoms with van der Waals surface area (Å²) >= 11 is 0. The molecule has 32 heavy (non-hydrogen) atoms. The summed E-state index contributed by atoms with van der Waals surface area (Å²) in [4.78, 5) is 14.1. The van der Waals surface area contributed by atoms with Gasteiger partial charge in [-0.3, -0.25) is 0 Å². The number of carbonyl (C=O) groups excluding carboxylic acids is 1. The van der Waals surface area contributed by atoms with Crippen LogP contribution in [0.3, 0.4) is 0 Å². The van der Waals surface area contributed by atoms with E-state index in [2.05, 4.69) is 22.1 Å². The van der Waals surface area contributed by atoms with Crippen molar-refractivity contribution in [3.05, 3.63) is 77.9 Å². The van der Waals surface area contributed by atoms with Crippen LogP contribution in [0.2, 0.25) is 0 Å². The van der Waals surface area contributed by atoms with Gasteiger partial charge in [0.2, 0.25) is 0 Å². The molecular formula is C25H33N3O4. The highest BCUT2D eigenvalue weighted by Gasteiger charge is 2.32. The van der Waals surface area contributed by atoms with Gasteiger partial charge < -0.3 is 30.1 Å². The van der Waals surface area contributed by atoms with E-state index in [9.17, 15) is 9.90 Å². The second-order valence-corrected chi connectivity index (χ2v) is 7.97. The van der Waals surface area contributed by atoms with Crippen molar-refractivity contribution in [1.82, 2.24) is 10.2 Å². The van der Waals surface area contributed by atoms with Crippen molar-refractivity contribution < 1.29 is 19.4 Å². The van der Waals surface area contributed by atoms with Crippen molar-refractivity contribution in [3.63, 3.8) is 0 Å². The molecular weight excluding hydrogens is 406 g/mol. The molecule has 1 heterocycles. The van der Waals surface area contributed by atoms with Gasteiger partial charge in [-0.2, -0.15) is 0 Å². The van der Waals surface area contributed by atoms with Crippen molar-refractivity contribution in [2.75, 3.05) is 32.0 Å². The lowest BCUT2D eigenvalue weighted by Gasteiger charge is -2.37. The number of amides is 2. The third-order valence-electron chi connectivity index (χ3n) is 5.33. The Bertz CT molecular complexity index is 887. The number of rotatable bonds is 9. The normalized spacial score (nSPS) is 20.7. The molecule has 3 atom stereocenters. The monoisotopic (exact) mass is 439 g/mol. The fourth-order valence-corrected chi connectivity index (χ4v) is 3.77. The molecule has 3 rings (SSSR count). The Balaban J connectivity index is 1.81. The van der Waals surface area contributed by atoms with Crippen molar-refractivity contribution in [2.45, 2.75) is 38.4 Å². The Kier molecular flexibility index (Phi) is 8.81. The Morgan fingerprint density at radius 2 is 2.00 bits per heavy atom. The summed E-state index contributed by atoms with van der Waals surface area (Å²) in [6.07, 6.45) is 1.83. The zero-order chi connectivity index (χ0) is 22.9. The van der Waals surface area contributed by atoms with E-state index in [0.717, 1.165) is 29.8 Å². The summed E-state index contributed by atoms with van der Waals surface area (Å²) in [7, 11) is 2.04. The lowest BCUT2D eigenvalue weighted by Crippen LogP contribution is -2.37. The number of nitrogens with one attached hydrogen (secondary N) is 2. The second-order valence-electron chi connectivity index (χ2n) is 7.97. The van der Waals surface area contributed by atoms with Gasteiger partial charge in [0.05, 0.1) is 18.8 Å². The van der Waals surface area contributed by atoms with Crippen LogP contribution in [0.25, 0.3) is 0 Å². The van der Waals surface area contributed by atoms with E-state index >= 15 is 0 Å². The first-order chi connectivity index (χ1) is 15.5. The maximum Gasteiger partial charge on any atom is 0.319 e. The number of carbonyl (C=O) groups is 1. The van der Waals surface area contributed by atoms with E-state index in [1.54, 1.807) is 0 Å². The molecule has 2 amide bonds. The number of nitrogens with zero attached hydrogens (tertiary/aromatic N) is 1. The van der Waals surface area contributed by atoms with Crippen LogP contribution in [0.5, 0.6) is 0 Å². The Morgan fingerprint density at radius 1 is 1.22 bits per heavy atom. The molecule has 0 saturated carbocycles. The van der Waals surface area contributed by atoms with Crippen LogP contribution in [0, 0.1) is 0 Å². The van der Waals surface area contributed by atoms with Gasteiger partial charge in [0, 0.05) is 37.3 Å². The highest BCUT2D eigenvalue weighted by molar-refractivity contribution is 5.89. The standard InChI is InChI=1S/C25H33N3O4/c1-4-13-28(3)16-22-15-23(19-11-9-18(17-29)10-12-19)32-24(31-22)20-7-6-8-21(14-20)27-25(30)26-5-2/h4,6-12,14,22-24,29H,1,5,13,15-17H2,2-3H3,(H2,26,27,30)/t22-,23+,24+/m1/s1. The molecule has 1 saturated heterocycles. The summed E-state index contributed by atoms with van der Waals surface area (Å²) < 4.78 is 12.7. The highest BCUT2D eigenvalue weighted by Crippen LogP contribution is 2.38. The predicted molar refractivity (Wildman–Crippen MR) is 125 cm³/mol. The van der Waals surface area contributed by atoms with Crippen LogP contribution in [0.4, 0.5) is 10.5 Å². The number of ether oxygens (including phenoxy) is 2. The minimum absolute atomic E-state index is 0.0118. The SMILES string of the molecule is C=CCN(C)C[C@H]1C[C@@H](c2ccc(CO)cc2)O[C@@H](c2cccc(NC(=O)NCC)c2)O1. The average Bonchev–Trinajstić information content (AvgIpc) is 2.79. The number of benzene rings is 2. The molecule has 1 aliphatic heterocycles. The minimum Gasteiger partial charge on any atom is -0.392 e. The van der Waals surface area contributed by atoms with E-state index in [1.165, 1.54) is 0 Å². The zero-order valence-corrected chi connectivity index (χ0v) is 18.8. The first kappa shape index (κ1) is 23.9. The number of urea groups is 1. The quantitative estimate of drug-likeness (QED) is 0.515. The Hall–Kier alpha value is -2.71. The molecule has 3 N–H and O–H groups in total. The molecule has 172 valence electrons. The molecule has 2 aromatic rings. The number of aliphatic hydroxyl groups excluding tert-OH is 1. The van der Waals surface area contributed by atoms with Crippen molar-refractivity contribution in [3.8, 4) is 0 Å². The lowest BCUT2D eigenvalue weighted by molar-refractivity contribution is -0.252. The van der Waals surface area contributed by atoms with Crippen LogP contribution in [-0.4, -0.2) is 48.8 Å². The molecule has 0 aromatic heterocycles. The Morgan fingerprint density at radius 3 is 2.69 bits per heavy atom. The first-order valence-corrected chi connectivity index (χ1v) is 11.0. The van der Waals surface area contributed by atoms with Gasteiger partial charge in [0.25, 0.3) is 0 Å². The third-order valence-corrected chi connectivity index (χ3v) is 5.33. The van der Waals surface area contributed by atoms with Gasteiger partial charge >= 0.3 is 6.03 Å². The van der Waals surface area contributed by atoms with Gasteiger partial charge in [-0.25, -0.2) is 4.79 Å². The topological polar surface area (TPSA) is 83.1 Å². The molecule has 0 bridgehead atoms. The number of aliphatic hydroxyl groups is 1. The minimum atomic E-state index is -0.565. The van der Waals surface area contributed by atoms with Crippen LogP contribution in [0.15, 0.2) is 61.2 Å². The van der Waals surface area contributed by atoms with Crippen molar-refractivity contribution in [1.29, 1.82) is 0 Å². The molecule has 1 fully saturated rings. The highest BCUT2D eigenvalue weighted by atomic mass is 16.7. The maximum atomic E-state index is 11.9. The van der Waals surface area contributed by atoms with Crippen LogP contribution in [0.1, 0.15) is 42.4 Å².